The summed E-state index contributed by atoms with van der Waals surface area (Å²) < 4.78 is 11.4. The molecule has 4 heteroatoms. The molecule has 0 saturated carbocycles. The number of nitrogen functional groups attached to an aromatic ring is 1. The molecule has 0 amide bonds. The zero-order valence-electron chi connectivity index (χ0n) is 12.2. The molecule has 1 aromatic carbocycles. The number of benzene rings is 1. The van der Waals surface area contributed by atoms with Crippen LogP contribution in [0.2, 0.25) is 0 Å². The Kier molecular flexibility index (Phi) is 3.90. The van der Waals surface area contributed by atoms with Gasteiger partial charge in [0, 0.05) is 18.4 Å². The highest BCUT2D eigenvalue weighted by molar-refractivity contribution is 5.62. The Morgan fingerprint density at radius 3 is 2.79 bits per heavy atom. The molecule has 2 unspecified atom stereocenters. The molecular formula is C15H24N2O2. The van der Waals surface area contributed by atoms with Gasteiger partial charge in [-0.2, -0.15) is 0 Å². The minimum Gasteiger partial charge on any atom is -0.489 e. The fourth-order valence-electron chi connectivity index (χ4n) is 2.30. The minimum absolute atomic E-state index is 0.0365. The zero-order chi connectivity index (χ0) is 14.0. The Labute approximate surface area is 115 Å². The Bertz CT molecular complexity index is 448. The number of hydrogen-bond acceptors (Lipinski definition) is 4. The van der Waals surface area contributed by atoms with Gasteiger partial charge < -0.3 is 20.5 Å². The van der Waals surface area contributed by atoms with Crippen molar-refractivity contribution in [2.24, 2.45) is 0 Å². The van der Waals surface area contributed by atoms with Gasteiger partial charge in [0.1, 0.15) is 5.75 Å². The van der Waals surface area contributed by atoms with Crippen molar-refractivity contribution >= 4 is 11.4 Å². The first-order chi connectivity index (χ1) is 8.90. The Morgan fingerprint density at radius 2 is 2.21 bits per heavy atom. The summed E-state index contributed by atoms with van der Waals surface area (Å²) >= 11 is 0. The number of rotatable bonds is 4. The maximum Gasteiger partial charge on any atom is 0.144 e. The number of nitrogens with two attached hydrogens (primary N) is 1. The molecule has 1 saturated heterocycles. The van der Waals surface area contributed by atoms with E-state index >= 15 is 0 Å². The van der Waals surface area contributed by atoms with Gasteiger partial charge in [0.2, 0.25) is 0 Å². The SMILES string of the molecule is CC(C)Oc1cc(NC2(C)CCOC2C)ccc1N. The van der Waals surface area contributed by atoms with Crippen molar-refractivity contribution in [2.45, 2.75) is 51.9 Å². The van der Waals surface area contributed by atoms with Gasteiger partial charge in [-0.3, -0.25) is 0 Å². The van der Waals surface area contributed by atoms with Crippen LogP contribution in [0.3, 0.4) is 0 Å². The average molecular weight is 264 g/mol. The summed E-state index contributed by atoms with van der Waals surface area (Å²) in [5.74, 6) is 0.732. The predicted molar refractivity (Wildman–Crippen MR) is 78.7 cm³/mol. The highest BCUT2D eigenvalue weighted by Crippen LogP contribution is 2.32. The van der Waals surface area contributed by atoms with Crippen LogP contribution in [0.5, 0.6) is 5.75 Å². The van der Waals surface area contributed by atoms with Crippen LogP contribution in [-0.2, 0) is 4.74 Å². The number of anilines is 2. The Balaban J connectivity index is 2.17. The van der Waals surface area contributed by atoms with Crippen LogP contribution >= 0.6 is 0 Å². The van der Waals surface area contributed by atoms with Crippen LogP contribution in [-0.4, -0.2) is 24.4 Å². The second-order valence-corrected chi connectivity index (χ2v) is 5.72. The molecule has 1 fully saturated rings. The van der Waals surface area contributed by atoms with E-state index in [0.717, 1.165) is 24.5 Å². The lowest BCUT2D eigenvalue weighted by Crippen LogP contribution is -2.41. The van der Waals surface area contributed by atoms with E-state index in [2.05, 4.69) is 19.2 Å². The van der Waals surface area contributed by atoms with Gasteiger partial charge in [-0.15, -0.1) is 0 Å². The largest absolute Gasteiger partial charge is 0.489 e. The number of nitrogens with one attached hydrogen (secondary N) is 1. The van der Waals surface area contributed by atoms with Crippen LogP contribution in [0.15, 0.2) is 18.2 Å². The monoisotopic (exact) mass is 264 g/mol. The van der Waals surface area contributed by atoms with Crippen LogP contribution < -0.4 is 15.8 Å². The first kappa shape index (κ1) is 14.0. The van der Waals surface area contributed by atoms with Gasteiger partial charge in [-0.25, -0.2) is 0 Å². The van der Waals surface area contributed by atoms with Crippen molar-refractivity contribution in [3.8, 4) is 5.75 Å². The summed E-state index contributed by atoms with van der Waals surface area (Å²) in [5, 5.41) is 3.55. The molecule has 2 atom stereocenters. The van der Waals surface area contributed by atoms with E-state index in [9.17, 15) is 0 Å². The van der Waals surface area contributed by atoms with Crippen molar-refractivity contribution in [1.29, 1.82) is 0 Å². The van der Waals surface area contributed by atoms with Crippen LogP contribution in [0.1, 0.15) is 34.1 Å². The highest BCUT2D eigenvalue weighted by atomic mass is 16.5. The third-order valence-corrected chi connectivity index (χ3v) is 3.69. The van der Waals surface area contributed by atoms with Gasteiger partial charge in [0.15, 0.2) is 0 Å². The van der Waals surface area contributed by atoms with Gasteiger partial charge in [-0.05, 0) is 46.2 Å². The molecular weight excluding hydrogens is 240 g/mol. The topological polar surface area (TPSA) is 56.5 Å². The van der Waals surface area contributed by atoms with E-state index in [1.54, 1.807) is 0 Å². The lowest BCUT2D eigenvalue weighted by molar-refractivity contribution is 0.105. The summed E-state index contributed by atoms with van der Waals surface area (Å²) in [4.78, 5) is 0. The molecule has 0 spiro atoms. The summed E-state index contributed by atoms with van der Waals surface area (Å²) in [6, 6.07) is 5.83. The lowest BCUT2D eigenvalue weighted by atomic mass is 9.94. The van der Waals surface area contributed by atoms with E-state index in [-0.39, 0.29) is 17.7 Å². The van der Waals surface area contributed by atoms with Gasteiger partial charge >= 0.3 is 0 Å². The first-order valence-electron chi connectivity index (χ1n) is 6.87. The van der Waals surface area contributed by atoms with Crippen molar-refractivity contribution < 1.29 is 9.47 Å². The van der Waals surface area contributed by atoms with E-state index in [4.69, 9.17) is 15.2 Å². The quantitative estimate of drug-likeness (QED) is 0.821. The van der Waals surface area contributed by atoms with Gasteiger partial charge in [0.05, 0.1) is 23.4 Å². The molecule has 0 radical (unpaired) electrons. The number of ether oxygens (including phenoxy) is 2. The predicted octanol–water partition coefficient (Wildman–Crippen LogP) is 3.04. The second kappa shape index (κ2) is 5.29. The minimum atomic E-state index is -0.0365. The van der Waals surface area contributed by atoms with Crippen LogP contribution in [0.25, 0.3) is 0 Å². The fourth-order valence-corrected chi connectivity index (χ4v) is 2.30. The molecule has 0 aliphatic carbocycles. The molecule has 106 valence electrons. The lowest BCUT2D eigenvalue weighted by Gasteiger charge is -2.30. The van der Waals surface area contributed by atoms with Crippen molar-refractivity contribution in [3.05, 3.63) is 18.2 Å². The molecule has 1 heterocycles. The third-order valence-electron chi connectivity index (χ3n) is 3.69. The van der Waals surface area contributed by atoms with E-state index in [1.807, 2.05) is 32.0 Å². The molecule has 0 aromatic heterocycles. The molecule has 1 aliphatic rings. The van der Waals surface area contributed by atoms with Gasteiger partial charge in [-0.1, -0.05) is 0 Å². The van der Waals surface area contributed by atoms with Crippen molar-refractivity contribution in [2.75, 3.05) is 17.7 Å². The normalized spacial score (nSPS) is 26.7. The standard InChI is InChI=1S/C15H24N2O2/c1-10(2)19-14-9-12(5-6-13(14)16)17-15(4)7-8-18-11(15)3/h5-6,9-11,17H,7-8,16H2,1-4H3. The fraction of sp³-hybridized carbons (Fsp3) is 0.600. The summed E-state index contributed by atoms with van der Waals surface area (Å²) in [5.41, 5.74) is 7.58. The molecule has 19 heavy (non-hydrogen) atoms. The van der Waals surface area contributed by atoms with Crippen LogP contribution in [0.4, 0.5) is 11.4 Å². The highest BCUT2D eigenvalue weighted by Gasteiger charge is 2.36. The smallest absolute Gasteiger partial charge is 0.144 e. The maximum absolute atomic E-state index is 5.93. The maximum atomic E-state index is 5.93. The molecule has 4 nitrogen and oxygen atoms in total. The third kappa shape index (κ3) is 3.13. The Hall–Kier alpha value is -1.42. The Morgan fingerprint density at radius 1 is 1.47 bits per heavy atom. The van der Waals surface area contributed by atoms with Crippen molar-refractivity contribution in [3.63, 3.8) is 0 Å². The van der Waals surface area contributed by atoms with E-state index in [0.29, 0.717) is 5.69 Å². The molecule has 3 N–H and O–H groups in total. The zero-order valence-corrected chi connectivity index (χ0v) is 12.2. The summed E-state index contributed by atoms with van der Waals surface area (Å²) in [7, 11) is 0. The number of hydrogen-bond donors (Lipinski definition) is 2. The summed E-state index contributed by atoms with van der Waals surface area (Å²) in [6.45, 7) is 9.07. The van der Waals surface area contributed by atoms with Gasteiger partial charge in [0.25, 0.3) is 0 Å². The molecule has 2 rings (SSSR count). The summed E-state index contributed by atoms with van der Waals surface area (Å²) in [6.07, 6.45) is 1.31. The first-order valence-corrected chi connectivity index (χ1v) is 6.87. The van der Waals surface area contributed by atoms with E-state index < -0.39 is 0 Å². The molecule has 1 aromatic rings. The molecule has 0 bridgehead atoms. The average Bonchev–Trinajstić information content (AvgIpc) is 2.63. The second-order valence-electron chi connectivity index (χ2n) is 5.72. The van der Waals surface area contributed by atoms with E-state index in [1.165, 1.54) is 0 Å². The van der Waals surface area contributed by atoms with Crippen LogP contribution in [0, 0.1) is 0 Å². The molecule has 1 aliphatic heterocycles. The van der Waals surface area contributed by atoms with Crippen molar-refractivity contribution in [1.82, 2.24) is 0 Å².